The summed E-state index contributed by atoms with van der Waals surface area (Å²) in [5, 5.41) is 21.6. The average molecular weight is 404 g/mol. The SMILES string of the molecule is CCCCCCCC/C=C\CCCCCCCC(=O)NCc1ccc(O)c(O)c1. The highest BCUT2D eigenvalue weighted by Gasteiger charge is 2.04. The van der Waals surface area contributed by atoms with Crippen LogP contribution in [0.1, 0.15) is 102 Å². The van der Waals surface area contributed by atoms with Crippen LogP contribution in [0, 0.1) is 0 Å². The van der Waals surface area contributed by atoms with E-state index >= 15 is 0 Å². The Hall–Kier alpha value is -1.97. The highest BCUT2D eigenvalue weighted by atomic mass is 16.3. The average Bonchev–Trinajstić information content (AvgIpc) is 2.71. The maximum absolute atomic E-state index is 11.9. The van der Waals surface area contributed by atoms with Gasteiger partial charge in [-0.05, 0) is 49.8 Å². The van der Waals surface area contributed by atoms with Crippen molar-refractivity contribution in [3.63, 3.8) is 0 Å². The van der Waals surface area contributed by atoms with Crippen LogP contribution in [0.15, 0.2) is 30.4 Å². The van der Waals surface area contributed by atoms with Gasteiger partial charge in [-0.1, -0.05) is 76.5 Å². The van der Waals surface area contributed by atoms with Crippen molar-refractivity contribution in [2.45, 2.75) is 103 Å². The molecule has 0 fully saturated rings. The molecule has 0 heterocycles. The van der Waals surface area contributed by atoms with E-state index in [2.05, 4.69) is 24.4 Å². The lowest BCUT2D eigenvalue weighted by molar-refractivity contribution is -0.121. The summed E-state index contributed by atoms with van der Waals surface area (Å²) in [5.74, 6) is -0.266. The van der Waals surface area contributed by atoms with Crippen molar-refractivity contribution in [2.24, 2.45) is 0 Å². The number of carbonyl (C=O) groups is 1. The largest absolute Gasteiger partial charge is 0.504 e. The normalized spacial score (nSPS) is 11.2. The van der Waals surface area contributed by atoms with Gasteiger partial charge < -0.3 is 15.5 Å². The van der Waals surface area contributed by atoms with Crippen LogP contribution in [0.5, 0.6) is 11.5 Å². The number of hydrogen-bond acceptors (Lipinski definition) is 3. The first-order valence-electron chi connectivity index (χ1n) is 11.6. The fourth-order valence-corrected chi connectivity index (χ4v) is 3.32. The number of benzene rings is 1. The van der Waals surface area contributed by atoms with Crippen LogP contribution < -0.4 is 5.32 Å². The minimum Gasteiger partial charge on any atom is -0.504 e. The van der Waals surface area contributed by atoms with E-state index in [1.165, 1.54) is 82.8 Å². The van der Waals surface area contributed by atoms with Crippen LogP contribution in [-0.4, -0.2) is 16.1 Å². The molecule has 1 aromatic carbocycles. The second kappa shape index (κ2) is 16.9. The number of aromatic hydroxyl groups is 2. The predicted octanol–water partition coefficient (Wildman–Crippen LogP) is 6.75. The van der Waals surface area contributed by atoms with E-state index in [1.807, 2.05) is 0 Å². The topological polar surface area (TPSA) is 69.6 Å². The molecule has 0 unspecified atom stereocenters. The molecule has 1 amide bonds. The number of hydrogen-bond donors (Lipinski definition) is 3. The molecule has 29 heavy (non-hydrogen) atoms. The Morgan fingerprint density at radius 1 is 0.828 bits per heavy atom. The summed E-state index contributed by atoms with van der Waals surface area (Å²) in [7, 11) is 0. The molecule has 0 aliphatic carbocycles. The third kappa shape index (κ3) is 13.8. The van der Waals surface area contributed by atoms with Gasteiger partial charge in [0.2, 0.25) is 5.91 Å². The van der Waals surface area contributed by atoms with Gasteiger partial charge in [0, 0.05) is 13.0 Å². The van der Waals surface area contributed by atoms with Gasteiger partial charge in [-0.25, -0.2) is 0 Å². The molecule has 1 rings (SSSR count). The van der Waals surface area contributed by atoms with Gasteiger partial charge in [-0.2, -0.15) is 0 Å². The van der Waals surface area contributed by atoms with Crippen molar-refractivity contribution >= 4 is 5.91 Å². The summed E-state index contributed by atoms with van der Waals surface area (Å²) in [4.78, 5) is 11.9. The molecule has 0 aromatic heterocycles. The summed E-state index contributed by atoms with van der Waals surface area (Å²) in [5.41, 5.74) is 0.776. The van der Waals surface area contributed by atoms with E-state index in [0.717, 1.165) is 18.4 Å². The Bertz CT molecular complexity index is 583. The van der Waals surface area contributed by atoms with Crippen LogP contribution in [-0.2, 0) is 11.3 Å². The van der Waals surface area contributed by atoms with E-state index < -0.39 is 0 Å². The van der Waals surface area contributed by atoms with Gasteiger partial charge in [0.1, 0.15) is 0 Å². The standard InChI is InChI=1S/C25H41NO3/c1-2-3-4-5-6-7-8-9-10-11-12-13-14-15-16-17-25(29)26-21-22-18-19-23(27)24(28)20-22/h9-10,18-20,27-28H,2-8,11-17,21H2,1H3,(H,26,29)/b10-9-. The lowest BCUT2D eigenvalue weighted by Gasteiger charge is -2.06. The van der Waals surface area contributed by atoms with Crippen LogP contribution >= 0.6 is 0 Å². The zero-order valence-corrected chi connectivity index (χ0v) is 18.3. The summed E-state index contributed by atoms with van der Waals surface area (Å²) in [6, 6.07) is 4.59. The quantitative estimate of drug-likeness (QED) is 0.153. The Labute approximate surface area is 177 Å². The van der Waals surface area contributed by atoms with Crippen LogP contribution in [0.3, 0.4) is 0 Å². The number of phenols is 2. The molecule has 0 saturated heterocycles. The summed E-state index contributed by atoms with van der Waals surface area (Å²) in [6.07, 6.45) is 21.5. The first-order chi connectivity index (χ1) is 14.1. The second-order valence-electron chi connectivity index (χ2n) is 7.93. The number of amides is 1. The highest BCUT2D eigenvalue weighted by molar-refractivity contribution is 5.75. The lowest BCUT2D eigenvalue weighted by Crippen LogP contribution is -2.22. The zero-order chi connectivity index (χ0) is 21.2. The molecule has 0 atom stereocenters. The van der Waals surface area contributed by atoms with E-state index in [1.54, 1.807) is 6.07 Å². The van der Waals surface area contributed by atoms with Crippen molar-refractivity contribution in [1.82, 2.24) is 5.32 Å². The maximum Gasteiger partial charge on any atom is 0.220 e. The Balaban J connectivity index is 1.89. The van der Waals surface area contributed by atoms with Crippen molar-refractivity contribution in [1.29, 1.82) is 0 Å². The van der Waals surface area contributed by atoms with E-state index in [0.29, 0.717) is 13.0 Å². The van der Waals surface area contributed by atoms with Gasteiger partial charge in [0.15, 0.2) is 11.5 Å². The van der Waals surface area contributed by atoms with Crippen molar-refractivity contribution < 1.29 is 15.0 Å². The van der Waals surface area contributed by atoms with Crippen molar-refractivity contribution in [3.05, 3.63) is 35.9 Å². The molecule has 0 saturated carbocycles. The summed E-state index contributed by atoms with van der Waals surface area (Å²) < 4.78 is 0. The smallest absolute Gasteiger partial charge is 0.220 e. The van der Waals surface area contributed by atoms with Gasteiger partial charge in [-0.3, -0.25) is 4.79 Å². The molecule has 164 valence electrons. The summed E-state index contributed by atoms with van der Waals surface area (Å²) in [6.45, 7) is 2.63. The Morgan fingerprint density at radius 2 is 1.41 bits per heavy atom. The molecule has 4 heteroatoms. The predicted molar refractivity (Wildman–Crippen MR) is 121 cm³/mol. The van der Waals surface area contributed by atoms with Crippen molar-refractivity contribution in [2.75, 3.05) is 0 Å². The molecule has 0 aliphatic rings. The number of carbonyl (C=O) groups excluding carboxylic acids is 1. The lowest BCUT2D eigenvalue weighted by atomic mass is 10.1. The molecule has 0 aliphatic heterocycles. The fraction of sp³-hybridized carbons (Fsp3) is 0.640. The molecule has 3 N–H and O–H groups in total. The van der Waals surface area contributed by atoms with Crippen LogP contribution in [0.4, 0.5) is 0 Å². The molecular formula is C25H41NO3. The van der Waals surface area contributed by atoms with Gasteiger partial charge in [-0.15, -0.1) is 0 Å². The molecule has 1 aromatic rings. The fourth-order valence-electron chi connectivity index (χ4n) is 3.32. The van der Waals surface area contributed by atoms with Crippen LogP contribution in [0.2, 0.25) is 0 Å². The highest BCUT2D eigenvalue weighted by Crippen LogP contribution is 2.24. The first kappa shape index (κ1) is 25.1. The zero-order valence-electron chi connectivity index (χ0n) is 18.3. The van der Waals surface area contributed by atoms with Gasteiger partial charge in [0.05, 0.1) is 0 Å². The van der Waals surface area contributed by atoms with E-state index in [4.69, 9.17) is 0 Å². The first-order valence-corrected chi connectivity index (χ1v) is 11.6. The molecule has 0 bridgehead atoms. The third-order valence-corrected chi connectivity index (χ3v) is 5.20. The third-order valence-electron chi connectivity index (χ3n) is 5.20. The number of unbranched alkanes of at least 4 members (excludes halogenated alkanes) is 11. The Morgan fingerprint density at radius 3 is 2.03 bits per heavy atom. The number of rotatable bonds is 17. The number of nitrogens with one attached hydrogen (secondary N) is 1. The number of phenolic OH excluding ortho intramolecular Hbond substituents is 2. The van der Waals surface area contributed by atoms with Gasteiger partial charge in [0.25, 0.3) is 0 Å². The maximum atomic E-state index is 11.9. The van der Waals surface area contributed by atoms with Crippen molar-refractivity contribution in [3.8, 4) is 11.5 Å². The molecule has 0 spiro atoms. The molecular weight excluding hydrogens is 362 g/mol. The van der Waals surface area contributed by atoms with E-state index in [-0.39, 0.29) is 17.4 Å². The minimum atomic E-state index is -0.158. The van der Waals surface area contributed by atoms with Crippen LogP contribution in [0.25, 0.3) is 0 Å². The minimum absolute atomic E-state index is 0.0372. The van der Waals surface area contributed by atoms with Gasteiger partial charge >= 0.3 is 0 Å². The Kier molecular flexibility index (Phi) is 14.6. The molecule has 4 nitrogen and oxygen atoms in total. The monoisotopic (exact) mass is 403 g/mol. The molecule has 0 radical (unpaired) electrons. The number of allylic oxidation sites excluding steroid dienone is 2. The summed E-state index contributed by atoms with van der Waals surface area (Å²) >= 11 is 0. The van der Waals surface area contributed by atoms with E-state index in [9.17, 15) is 15.0 Å². The second-order valence-corrected chi connectivity index (χ2v) is 7.93.